The van der Waals surface area contributed by atoms with Gasteiger partial charge in [-0.1, -0.05) is 26.1 Å². The van der Waals surface area contributed by atoms with Crippen LogP contribution in [0.2, 0.25) is 0 Å². The van der Waals surface area contributed by atoms with E-state index in [0.29, 0.717) is 12.0 Å². The summed E-state index contributed by atoms with van der Waals surface area (Å²) in [4.78, 5) is 3.08. The second-order valence-electron chi connectivity index (χ2n) is 3.78. The minimum atomic E-state index is -0.0209. The van der Waals surface area contributed by atoms with Crippen molar-refractivity contribution >= 4 is 17.2 Å². The Morgan fingerprint density at radius 2 is 2.31 bits per heavy atom. The summed E-state index contributed by atoms with van der Waals surface area (Å²) in [7, 11) is 0. The molecule has 0 aromatic carbocycles. The molecule has 1 rings (SSSR count). The van der Waals surface area contributed by atoms with Crippen molar-refractivity contribution in [2.75, 3.05) is 0 Å². The van der Waals surface area contributed by atoms with Crippen molar-refractivity contribution in [1.82, 2.24) is 4.90 Å². The van der Waals surface area contributed by atoms with Crippen molar-refractivity contribution in [3.8, 4) is 6.07 Å². The maximum Gasteiger partial charge on any atom is 0.117 e. The van der Waals surface area contributed by atoms with E-state index in [1.54, 1.807) is 0 Å². The molecule has 1 fully saturated rings. The molecule has 1 aliphatic rings. The summed E-state index contributed by atoms with van der Waals surface area (Å²) < 4.78 is 0. The number of rotatable bonds is 2. The Hall–Kier alpha value is -0.620. The number of nitriles is 1. The van der Waals surface area contributed by atoms with Crippen molar-refractivity contribution in [3.63, 3.8) is 0 Å². The highest BCUT2D eigenvalue weighted by molar-refractivity contribution is 7.80. The highest BCUT2D eigenvalue weighted by atomic mass is 32.1. The first-order valence-corrected chi connectivity index (χ1v) is 5.24. The summed E-state index contributed by atoms with van der Waals surface area (Å²) in [6, 6.07) is 2.73. The minimum absolute atomic E-state index is 0.0209. The highest BCUT2D eigenvalue weighted by Crippen LogP contribution is 2.28. The van der Waals surface area contributed by atoms with E-state index >= 15 is 0 Å². The molecule has 72 valence electrons. The van der Waals surface area contributed by atoms with E-state index in [1.165, 1.54) is 0 Å². The lowest BCUT2D eigenvalue weighted by Crippen LogP contribution is -2.39. The van der Waals surface area contributed by atoms with E-state index in [9.17, 15) is 0 Å². The SMILES string of the molecule is CCC(C#N)N1C(=S)C(C)CC1C. The summed E-state index contributed by atoms with van der Waals surface area (Å²) in [5.74, 6) is 0.465. The zero-order valence-electron chi connectivity index (χ0n) is 8.45. The smallest absolute Gasteiger partial charge is 0.117 e. The molecule has 13 heavy (non-hydrogen) atoms. The maximum atomic E-state index is 8.96. The number of nitrogens with zero attached hydrogens (tertiary/aromatic N) is 2. The normalized spacial score (nSPS) is 30.3. The Labute approximate surface area is 85.5 Å². The first-order chi connectivity index (χ1) is 6.11. The van der Waals surface area contributed by atoms with Gasteiger partial charge in [-0.2, -0.15) is 5.26 Å². The summed E-state index contributed by atoms with van der Waals surface area (Å²) in [6.45, 7) is 6.32. The molecule has 3 atom stereocenters. The first-order valence-electron chi connectivity index (χ1n) is 4.83. The molecule has 3 heteroatoms. The predicted molar refractivity (Wildman–Crippen MR) is 57.4 cm³/mol. The molecule has 0 spiro atoms. The Balaban J connectivity index is 2.79. The molecule has 0 aromatic heterocycles. The molecule has 0 amide bonds. The van der Waals surface area contributed by atoms with Crippen LogP contribution in [0.4, 0.5) is 0 Å². The summed E-state index contributed by atoms with van der Waals surface area (Å²) in [5.41, 5.74) is 0. The third-order valence-corrected chi connectivity index (χ3v) is 3.33. The molecule has 2 nitrogen and oxygen atoms in total. The van der Waals surface area contributed by atoms with Crippen molar-refractivity contribution in [2.24, 2.45) is 5.92 Å². The third-order valence-electron chi connectivity index (χ3n) is 2.72. The van der Waals surface area contributed by atoms with Gasteiger partial charge in [0.05, 0.1) is 11.1 Å². The lowest BCUT2D eigenvalue weighted by Gasteiger charge is -2.28. The number of thiocarbonyl (C=S) groups is 1. The van der Waals surface area contributed by atoms with E-state index in [1.807, 2.05) is 6.92 Å². The highest BCUT2D eigenvalue weighted by Gasteiger charge is 2.34. The van der Waals surface area contributed by atoms with Crippen molar-refractivity contribution in [3.05, 3.63) is 0 Å². The van der Waals surface area contributed by atoms with Crippen LogP contribution in [-0.4, -0.2) is 22.0 Å². The predicted octanol–water partition coefficient (Wildman–Crippen LogP) is 2.35. The van der Waals surface area contributed by atoms with Gasteiger partial charge in [0.2, 0.25) is 0 Å². The van der Waals surface area contributed by atoms with Crippen LogP contribution in [0.5, 0.6) is 0 Å². The second kappa shape index (κ2) is 4.06. The molecule has 0 N–H and O–H groups in total. The van der Waals surface area contributed by atoms with Crippen LogP contribution < -0.4 is 0 Å². The largest absolute Gasteiger partial charge is 0.347 e. The second-order valence-corrected chi connectivity index (χ2v) is 4.20. The van der Waals surface area contributed by atoms with Crippen molar-refractivity contribution in [1.29, 1.82) is 5.26 Å². The Bertz CT molecular complexity index is 244. The first kappa shape index (κ1) is 10.5. The van der Waals surface area contributed by atoms with E-state index in [4.69, 9.17) is 17.5 Å². The number of hydrogen-bond donors (Lipinski definition) is 0. The lowest BCUT2D eigenvalue weighted by atomic mass is 10.1. The zero-order valence-corrected chi connectivity index (χ0v) is 9.27. The molecule has 1 saturated heterocycles. The Kier molecular flexibility index (Phi) is 3.27. The summed E-state index contributed by atoms with van der Waals surface area (Å²) >= 11 is 5.32. The number of likely N-dealkylation sites (tertiary alicyclic amines) is 1. The van der Waals surface area contributed by atoms with E-state index in [-0.39, 0.29) is 6.04 Å². The van der Waals surface area contributed by atoms with Gasteiger partial charge in [0.25, 0.3) is 0 Å². The minimum Gasteiger partial charge on any atom is -0.347 e. The van der Waals surface area contributed by atoms with Gasteiger partial charge in [-0.15, -0.1) is 0 Å². The van der Waals surface area contributed by atoms with Gasteiger partial charge in [-0.25, -0.2) is 0 Å². The van der Waals surface area contributed by atoms with Crippen LogP contribution in [0.1, 0.15) is 33.6 Å². The molecule has 0 aliphatic carbocycles. The quantitative estimate of drug-likeness (QED) is 0.634. The van der Waals surface area contributed by atoms with Gasteiger partial charge >= 0.3 is 0 Å². The maximum absolute atomic E-state index is 8.96. The Morgan fingerprint density at radius 1 is 1.69 bits per heavy atom. The molecular formula is C10H16N2S. The average Bonchev–Trinajstić information content (AvgIpc) is 2.34. The summed E-state index contributed by atoms with van der Waals surface area (Å²) in [5, 5.41) is 8.96. The van der Waals surface area contributed by atoms with Crippen LogP contribution in [0.15, 0.2) is 0 Å². The number of hydrogen-bond acceptors (Lipinski definition) is 2. The van der Waals surface area contributed by atoms with Gasteiger partial charge in [0.15, 0.2) is 0 Å². The van der Waals surface area contributed by atoms with Crippen LogP contribution >= 0.6 is 12.2 Å². The van der Waals surface area contributed by atoms with Gasteiger partial charge < -0.3 is 4.90 Å². The van der Waals surface area contributed by atoms with Crippen LogP contribution in [-0.2, 0) is 0 Å². The molecule has 0 saturated carbocycles. The van der Waals surface area contributed by atoms with Gasteiger partial charge in [0.1, 0.15) is 6.04 Å². The molecule has 0 radical (unpaired) electrons. The fourth-order valence-electron chi connectivity index (χ4n) is 2.01. The van der Waals surface area contributed by atoms with Gasteiger partial charge in [0, 0.05) is 12.0 Å². The van der Waals surface area contributed by atoms with E-state index in [0.717, 1.165) is 17.8 Å². The van der Waals surface area contributed by atoms with E-state index < -0.39 is 0 Å². The molecule has 1 aliphatic heterocycles. The average molecular weight is 196 g/mol. The monoisotopic (exact) mass is 196 g/mol. The topological polar surface area (TPSA) is 27.0 Å². The molecular weight excluding hydrogens is 180 g/mol. The third kappa shape index (κ3) is 1.83. The molecule has 3 unspecified atom stereocenters. The fourth-order valence-corrected chi connectivity index (χ4v) is 2.41. The van der Waals surface area contributed by atoms with E-state index in [2.05, 4.69) is 24.8 Å². The van der Waals surface area contributed by atoms with Gasteiger partial charge in [-0.05, 0) is 19.8 Å². The summed E-state index contributed by atoms with van der Waals surface area (Å²) in [6.07, 6.45) is 1.95. The van der Waals surface area contributed by atoms with Crippen LogP contribution in [0.3, 0.4) is 0 Å². The fraction of sp³-hybridized carbons (Fsp3) is 0.800. The zero-order chi connectivity index (χ0) is 10.0. The van der Waals surface area contributed by atoms with Crippen molar-refractivity contribution < 1.29 is 0 Å². The van der Waals surface area contributed by atoms with Crippen LogP contribution in [0, 0.1) is 17.2 Å². The molecule has 1 heterocycles. The van der Waals surface area contributed by atoms with Gasteiger partial charge in [-0.3, -0.25) is 0 Å². The van der Waals surface area contributed by atoms with Crippen molar-refractivity contribution in [2.45, 2.75) is 45.7 Å². The molecule has 0 aromatic rings. The standard InChI is InChI=1S/C10H16N2S/c1-4-9(6-11)12-8(3)5-7(2)10(12)13/h7-9H,4-5H2,1-3H3. The lowest BCUT2D eigenvalue weighted by molar-refractivity contribution is 0.309. The van der Waals surface area contributed by atoms with Crippen LogP contribution in [0.25, 0.3) is 0 Å². The molecule has 0 bridgehead atoms. The Morgan fingerprint density at radius 3 is 2.62 bits per heavy atom.